The van der Waals surface area contributed by atoms with Crippen LogP contribution < -0.4 is 5.32 Å². The van der Waals surface area contributed by atoms with Crippen LogP contribution >= 0.6 is 11.8 Å². The Hall–Kier alpha value is -0.510. The molecule has 3 heteroatoms. The molecule has 0 heterocycles. The first-order valence-corrected chi connectivity index (χ1v) is 7.68. The van der Waals surface area contributed by atoms with E-state index in [1.54, 1.807) is 0 Å². The van der Waals surface area contributed by atoms with Crippen LogP contribution in [0.25, 0.3) is 0 Å². The van der Waals surface area contributed by atoms with Gasteiger partial charge in [-0.2, -0.15) is 11.8 Å². The van der Waals surface area contributed by atoms with Gasteiger partial charge in [-0.15, -0.1) is 0 Å². The molecule has 2 N–H and O–H groups in total. The minimum absolute atomic E-state index is 0.240. The number of rotatable bonds is 8. The topological polar surface area (TPSA) is 32.3 Å². The molecule has 18 heavy (non-hydrogen) atoms. The van der Waals surface area contributed by atoms with E-state index in [4.69, 9.17) is 0 Å². The van der Waals surface area contributed by atoms with Crippen LogP contribution in [0.1, 0.15) is 38.8 Å². The molecule has 0 bridgehead atoms. The average molecular weight is 267 g/mol. The van der Waals surface area contributed by atoms with Crippen molar-refractivity contribution >= 4 is 11.8 Å². The van der Waals surface area contributed by atoms with Gasteiger partial charge in [-0.1, -0.05) is 51.1 Å². The summed E-state index contributed by atoms with van der Waals surface area (Å²) in [5.41, 5.74) is 1.33. The van der Waals surface area contributed by atoms with Gasteiger partial charge < -0.3 is 10.4 Å². The molecule has 2 nitrogen and oxygen atoms in total. The molecule has 1 rings (SSSR count). The summed E-state index contributed by atoms with van der Waals surface area (Å²) in [6, 6.07) is 10.9. The molecule has 0 spiro atoms. The minimum Gasteiger partial charge on any atom is -0.395 e. The Bertz CT molecular complexity index is 318. The van der Waals surface area contributed by atoms with E-state index in [0.717, 1.165) is 13.0 Å². The molecule has 1 aromatic rings. The summed E-state index contributed by atoms with van der Waals surface area (Å²) in [5.74, 6) is 0. The van der Waals surface area contributed by atoms with Gasteiger partial charge in [0.2, 0.25) is 0 Å². The van der Waals surface area contributed by atoms with E-state index in [1.807, 2.05) is 11.8 Å². The van der Waals surface area contributed by atoms with E-state index in [0.29, 0.717) is 11.3 Å². The van der Waals surface area contributed by atoms with Gasteiger partial charge in [0.05, 0.1) is 6.61 Å². The van der Waals surface area contributed by atoms with Crippen molar-refractivity contribution in [3.63, 3.8) is 0 Å². The quantitative estimate of drug-likeness (QED) is 0.758. The highest BCUT2D eigenvalue weighted by atomic mass is 32.2. The van der Waals surface area contributed by atoms with Crippen LogP contribution in [0.5, 0.6) is 0 Å². The first-order chi connectivity index (χ1) is 8.69. The Balaban J connectivity index is 2.71. The van der Waals surface area contributed by atoms with Crippen molar-refractivity contribution in [1.29, 1.82) is 0 Å². The minimum atomic E-state index is 0.240. The fourth-order valence-corrected chi connectivity index (χ4v) is 3.23. The molecule has 3 unspecified atom stereocenters. The van der Waals surface area contributed by atoms with E-state index in [1.165, 1.54) is 5.56 Å². The third-order valence-electron chi connectivity index (χ3n) is 2.95. The maximum atomic E-state index is 9.17. The van der Waals surface area contributed by atoms with Crippen LogP contribution in [-0.2, 0) is 0 Å². The Morgan fingerprint density at radius 2 is 1.89 bits per heavy atom. The van der Waals surface area contributed by atoms with Crippen LogP contribution in [0.3, 0.4) is 0 Å². The van der Waals surface area contributed by atoms with Gasteiger partial charge in [0, 0.05) is 16.5 Å². The summed E-state index contributed by atoms with van der Waals surface area (Å²) in [4.78, 5) is 0. The number of nitrogens with one attached hydrogen (secondary N) is 1. The number of thioether (sulfide) groups is 1. The molecular formula is C15H25NOS. The van der Waals surface area contributed by atoms with Crippen LogP contribution in [0.15, 0.2) is 30.3 Å². The summed E-state index contributed by atoms with van der Waals surface area (Å²) >= 11 is 1.84. The van der Waals surface area contributed by atoms with Crippen molar-refractivity contribution in [1.82, 2.24) is 5.32 Å². The number of aliphatic hydroxyl groups excluding tert-OH is 1. The Morgan fingerprint density at radius 1 is 1.22 bits per heavy atom. The van der Waals surface area contributed by atoms with Crippen molar-refractivity contribution in [2.24, 2.45) is 0 Å². The monoisotopic (exact) mass is 267 g/mol. The molecule has 0 aliphatic rings. The predicted molar refractivity (Wildman–Crippen MR) is 81.1 cm³/mol. The van der Waals surface area contributed by atoms with Crippen molar-refractivity contribution < 1.29 is 5.11 Å². The lowest BCUT2D eigenvalue weighted by atomic mass is 10.0. The lowest BCUT2D eigenvalue weighted by Crippen LogP contribution is -2.30. The molecule has 3 atom stereocenters. The molecular weight excluding hydrogens is 242 g/mol. The lowest BCUT2D eigenvalue weighted by Gasteiger charge is -2.27. The fourth-order valence-electron chi connectivity index (χ4n) is 2.00. The molecule has 0 fully saturated rings. The highest BCUT2D eigenvalue weighted by molar-refractivity contribution is 8.00. The summed E-state index contributed by atoms with van der Waals surface area (Å²) in [6.45, 7) is 7.76. The summed E-state index contributed by atoms with van der Waals surface area (Å²) < 4.78 is 0. The van der Waals surface area contributed by atoms with Crippen molar-refractivity contribution in [2.45, 2.75) is 43.7 Å². The molecule has 102 valence electrons. The van der Waals surface area contributed by atoms with Gasteiger partial charge in [0.1, 0.15) is 0 Å². The highest BCUT2D eigenvalue weighted by Gasteiger charge is 2.20. The van der Waals surface area contributed by atoms with Gasteiger partial charge in [-0.25, -0.2) is 0 Å². The second-order valence-electron chi connectivity index (χ2n) is 4.68. The smallest absolute Gasteiger partial charge is 0.0547 e. The third-order valence-corrected chi connectivity index (χ3v) is 4.26. The second kappa shape index (κ2) is 8.57. The average Bonchev–Trinajstić information content (AvgIpc) is 2.40. The molecule has 0 amide bonds. The van der Waals surface area contributed by atoms with Crippen LogP contribution in [0.4, 0.5) is 0 Å². The van der Waals surface area contributed by atoms with E-state index in [-0.39, 0.29) is 11.9 Å². The van der Waals surface area contributed by atoms with Crippen molar-refractivity contribution in [3.8, 4) is 0 Å². The van der Waals surface area contributed by atoms with E-state index in [9.17, 15) is 5.11 Å². The van der Waals surface area contributed by atoms with Gasteiger partial charge in [-0.05, 0) is 18.5 Å². The molecule has 1 aromatic carbocycles. The van der Waals surface area contributed by atoms with Gasteiger partial charge >= 0.3 is 0 Å². The van der Waals surface area contributed by atoms with E-state index in [2.05, 4.69) is 56.4 Å². The Kier molecular flexibility index (Phi) is 7.40. The van der Waals surface area contributed by atoms with Crippen LogP contribution in [-0.4, -0.2) is 28.8 Å². The normalized spacial score (nSPS) is 16.2. The third kappa shape index (κ3) is 5.01. The zero-order valence-electron chi connectivity index (χ0n) is 11.6. The van der Waals surface area contributed by atoms with Gasteiger partial charge in [0.25, 0.3) is 0 Å². The standard InChI is InChI=1S/C15H25NOS/c1-4-10-16-15(13(3)18-12(2)11-17)14-8-6-5-7-9-14/h5-9,12-13,15-17H,4,10-11H2,1-3H3. The number of aliphatic hydroxyl groups is 1. The summed E-state index contributed by atoms with van der Waals surface area (Å²) in [7, 11) is 0. The Morgan fingerprint density at radius 3 is 2.44 bits per heavy atom. The number of benzene rings is 1. The second-order valence-corrected chi connectivity index (χ2v) is 6.50. The number of hydrogen-bond acceptors (Lipinski definition) is 3. The van der Waals surface area contributed by atoms with Crippen LogP contribution in [0, 0.1) is 0 Å². The zero-order chi connectivity index (χ0) is 13.4. The summed E-state index contributed by atoms with van der Waals surface area (Å²) in [6.07, 6.45) is 1.14. The molecule has 0 radical (unpaired) electrons. The van der Waals surface area contributed by atoms with Crippen molar-refractivity contribution in [2.75, 3.05) is 13.2 Å². The lowest BCUT2D eigenvalue weighted by molar-refractivity contribution is 0.299. The maximum Gasteiger partial charge on any atom is 0.0547 e. The SMILES string of the molecule is CCCNC(c1ccccc1)C(C)SC(C)CO. The first-order valence-electron chi connectivity index (χ1n) is 6.73. The molecule has 0 aromatic heterocycles. The summed E-state index contributed by atoms with van der Waals surface area (Å²) in [5, 5.41) is 13.5. The maximum absolute atomic E-state index is 9.17. The zero-order valence-corrected chi connectivity index (χ0v) is 12.4. The molecule has 0 aliphatic heterocycles. The number of hydrogen-bond donors (Lipinski definition) is 2. The molecule has 0 aliphatic carbocycles. The Labute approximate surface area is 115 Å². The largest absolute Gasteiger partial charge is 0.395 e. The fraction of sp³-hybridized carbons (Fsp3) is 0.600. The first kappa shape index (κ1) is 15.5. The van der Waals surface area contributed by atoms with Crippen LogP contribution in [0.2, 0.25) is 0 Å². The molecule has 0 saturated heterocycles. The predicted octanol–water partition coefficient (Wildman–Crippen LogP) is 3.23. The van der Waals surface area contributed by atoms with Gasteiger partial charge in [-0.3, -0.25) is 0 Å². The molecule has 0 saturated carbocycles. The van der Waals surface area contributed by atoms with Crippen molar-refractivity contribution in [3.05, 3.63) is 35.9 Å². The van der Waals surface area contributed by atoms with Gasteiger partial charge in [0.15, 0.2) is 0 Å². The van der Waals surface area contributed by atoms with E-state index < -0.39 is 0 Å². The highest BCUT2D eigenvalue weighted by Crippen LogP contribution is 2.29. The van der Waals surface area contributed by atoms with E-state index >= 15 is 0 Å².